The fraction of sp³-hybridized carbons (Fsp3) is 0.562. The normalized spacial score (nSPS) is 18.8. The Morgan fingerprint density at radius 1 is 1.26 bits per heavy atom. The third-order valence-electron chi connectivity index (χ3n) is 4.06. The van der Waals surface area contributed by atoms with Crippen LogP contribution in [0, 0.1) is 0 Å². The Labute approximate surface area is 123 Å². The minimum Gasteiger partial charge on any atom is -0.370 e. The zero-order chi connectivity index (χ0) is 13.7. The Morgan fingerprint density at radius 2 is 1.95 bits per heavy atom. The van der Waals surface area contributed by atoms with Crippen LogP contribution in [-0.2, 0) is 16.0 Å². The number of hydrogen-bond donors (Lipinski definition) is 0. The number of benzene rings is 1. The molecule has 0 aliphatic heterocycles. The zero-order valence-corrected chi connectivity index (χ0v) is 13.0. The Kier molecular flexibility index (Phi) is 5.17. The first-order valence-electron chi connectivity index (χ1n) is 6.99. The standard InChI is InChI=1S/C16H21BrO2/c1-19-16(9-4-2-3-5-10-16)15(18)12-13-7-6-8-14(17)11-13/h6-8,11H,2-5,9-10,12H2,1H3. The summed E-state index contributed by atoms with van der Waals surface area (Å²) in [5.41, 5.74) is 0.513. The molecule has 0 aromatic heterocycles. The molecule has 0 unspecified atom stereocenters. The van der Waals surface area contributed by atoms with Crippen LogP contribution in [0.2, 0.25) is 0 Å². The molecule has 104 valence electrons. The van der Waals surface area contributed by atoms with Crippen LogP contribution in [0.3, 0.4) is 0 Å². The van der Waals surface area contributed by atoms with Gasteiger partial charge in [-0.25, -0.2) is 0 Å². The second kappa shape index (κ2) is 6.67. The highest BCUT2D eigenvalue weighted by Gasteiger charge is 2.37. The maximum Gasteiger partial charge on any atom is 0.168 e. The van der Waals surface area contributed by atoms with Crippen LogP contribution in [0.5, 0.6) is 0 Å². The molecule has 0 bridgehead atoms. The molecule has 0 saturated heterocycles. The van der Waals surface area contributed by atoms with E-state index in [4.69, 9.17) is 4.74 Å². The molecule has 1 aromatic carbocycles. The highest BCUT2D eigenvalue weighted by atomic mass is 79.9. The number of methoxy groups -OCH3 is 1. The molecule has 0 heterocycles. The van der Waals surface area contributed by atoms with Crippen molar-refractivity contribution in [2.45, 2.75) is 50.5 Å². The van der Waals surface area contributed by atoms with Gasteiger partial charge in [-0.2, -0.15) is 0 Å². The number of ketones is 1. The molecule has 1 fully saturated rings. The third kappa shape index (κ3) is 3.67. The fourth-order valence-corrected chi connectivity index (χ4v) is 3.34. The van der Waals surface area contributed by atoms with Crippen molar-refractivity contribution in [3.05, 3.63) is 34.3 Å². The number of rotatable bonds is 4. The first kappa shape index (κ1) is 14.7. The highest BCUT2D eigenvalue weighted by molar-refractivity contribution is 9.10. The second-order valence-electron chi connectivity index (χ2n) is 5.34. The van der Waals surface area contributed by atoms with Gasteiger partial charge in [0, 0.05) is 18.0 Å². The van der Waals surface area contributed by atoms with Crippen molar-refractivity contribution in [1.29, 1.82) is 0 Å². The average molecular weight is 325 g/mol. The number of ether oxygens (including phenoxy) is 1. The van der Waals surface area contributed by atoms with E-state index < -0.39 is 5.60 Å². The molecule has 2 rings (SSSR count). The average Bonchev–Trinajstić information content (AvgIpc) is 2.65. The summed E-state index contributed by atoms with van der Waals surface area (Å²) in [6, 6.07) is 7.96. The summed E-state index contributed by atoms with van der Waals surface area (Å²) in [5, 5.41) is 0. The lowest BCUT2D eigenvalue weighted by Crippen LogP contribution is -2.41. The van der Waals surface area contributed by atoms with Crippen LogP contribution in [0.4, 0.5) is 0 Å². The van der Waals surface area contributed by atoms with E-state index in [2.05, 4.69) is 15.9 Å². The van der Waals surface area contributed by atoms with Gasteiger partial charge < -0.3 is 4.74 Å². The topological polar surface area (TPSA) is 26.3 Å². The van der Waals surface area contributed by atoms with Crippen molar-refractivity contribution in [2.24, 2.45) is 0 Å². The smallest absolute Gasteiger partial charge is 0.168 e. The number of hydrogen-bond acceptors (Lipinski definition) is 2. The van der Waals surface area contributed by atoms with Crippen molar-refractivity contribution in [1.82, 2.24) is 0 Å². The van der Waals surface area contributed by atoms with Gasteiger partial charge in [0.25, 0.3) is 0 Å². The van der Waals surface area contributed by atoms with Crippen molar-refractivity contribution >= 4 is 21.7 Å². The number of carbonyl (C=O) groups is 1. The molecule has 1 aliphatic rings. The summed E-state index contributed by atoms with van der Waals surface area (Å²) in [6.45, 7) is 0. The summed E-state index contributed by atoms with van der Waals surface area (Å²) in [7, 11) is 1.68. The van der Waals surface area contributed by atoms with Gasteiger partial charge >= 0.3 is 0 Å². The zero-order valence-electron chi connectivity index (χ0n) is 11.5. The molecule has 1 saturated carbocycles. The largest absolute Gasteiger partial charge is 0.370 e. The Morgan fingerprint density at radius 3 is 2.53 bits per heavy atom. The van der Waals surface area contributed by atoms with Crippen molar-refractivity contribution in [3.8, 4) is 0 Å². The molecular formula is C16H21BrO2. The molecule has 2 nitrogen and oxygen atoms in total. The van der Waals surface area contributed by atoms with Gasteiger partial charge in [-0.1, -0.05) is 53.7 Å². The Balaban J connectivity index is 2.12. The number of carbonyl (C=O) groups excluding carboxylic acids is 1. The molecule has 19 heavy (non-hydrogen) atoms. The lowest BCUT2D eigenvalue weighted by Gasteiger charge is -2.29. The van der Waals surface area contributed by atoms with Gasteiger partial charge in [0.15, 0.2) is 5.78 Å². The molecule has 0 radical (unpaired) electrons. The quantitative estimate of drug-likeness (QED) is 0.772. The van der Waals surface area contributed by atoms with E-state index in [1.54, 1.807) is 7.11 Å². The van der Waals surface area contributed by atoms with E-state index in [0.29, 0.717) is 6.42 Å². The van der Waals surface area contributed by atoms with Crippen LogP contribution >= 0.6 is 15.9 Å². The highest BCUT2D eigenvalue weighted by Crippen LogP contribution is 2.32. The molecule has 0 N–H and O–H groups in total. The van der Waals surface area contributed by atoms with Gasteiger partial charge in [-0.05, 0) is 30.5 Å². The van der Waals surface area contributed by atoms with Crippen LogP contribution in [0.15, 0.2) is 28.7 Å². The van der Waals surface area contributed by atoms with Crippen LogP contribution in [0.25, 0.3) is 0 Å². The van der Waals surface area contributed by atoms with Gasteiger partial charge in [-0.3, -0.25) is 4.79 Å². The summed E-state index contributed by atoms with van der Waals surface area (Å²) >= 11 is 3.45. The predicted molar refractivity (Wildman–Crippen MR) is 80.3 cm³/mol. The fourth-order valence-electron chi connectivity index (χ4n) is 2.89. The molecule has 1 aromatic rings. The van der Waals surface area contributed by atoms with Crippen LogP contribution < -0.4 is 0 Å². The van der Waals surface area contributed by atoms with Crippen molar-refractivity contribution in [3.63, 3.8) is 0 Å². The molecular weight excluding hydrogens is 304 g/mol. The van der Waals surface area contributed by atoms with E-state index in [1.165, 1.54) is 12.8 Å². The van der Waals surface area contributed by atoms with Crippen LogP contribution in [0.1, 0.15) is 44.1 Å². The van der Waals surface area contributed by atoms with E-state index in [-0.39, 0.29) is 5.78 Å². The first-order chi connectivity index (χ1) is 9.16. The monoisotopic (exact) mass is 324 g/mol. The third-order valence-corrected chi connectivity index (χ3v) is 4.56. The minimum atomic E-state index is -0.543. The maximum absolute atomic E-state index is 12.6. The number of halogens is 1. The SMILES string of the molecule is COC1(C(=O)Cc2cccc(Br)c2)CCCCCC1. The second-order valence-corrected chi connectivity index (χ2v) is 6.26. The lowest BCUT2D eigenvalue weighted by molar-refractivity contribution is -0.142. The molecule has 3 heteroatoms. The maximum atomic E-state index is 12.6. The van der Waals surface area contributed by atoms with Gasteiger partial charge in [0.2, 0.25) is 0 Å². The predicted octanol–water partition coefficient (Wildman–Crippen LogP) is 4.30. The Bertz CT molecular complexity index is 434. The summed E-state index contributed by atoms with van der Waals surface area (Å²) < 4.78 is 6.68. The first-order valence-corrected chi connectivity index (χ1v) is 7.78. The summed E-state index contributed by atoms with van der Waals surface area (Å²) in [6.07, 6.45) is 6.83. The summed E-state index contributed by atoms with van der Waals surface area (Å²) in [4.78, 5) is 12.6. The van der Waals surface area contributed by atoms with Gasteiger partial charge in [0.05, 0.1) is 0 Å². The minimum absolute atomic E-state index is 0.231. The molecule has 0 spiro atoms. The molecule has 1 aliphatic carbocycles. The van der Waals surface area contributed by atoms with E-state index >= 15 is 0 Å². The van der Waals surface area contributed by atoms with Crippen molar-refractivity contribution < 1.29 is 9.53 Å². The number of Topliss-reactive ketones (excluding diaryl/α,β-unsaturated/α-hetero) is 1. The van der Waals surface area contributed by atoms with Gasteiger partial charge in [-0.15, -0.1) is 0 Å². The van der Waals surface area contributed by atoms with Gasteiger partial charge in [0.1, 0.15) is 5.60 Å². The van der Waals surface area contributed by atoms with Crippen molar-refractivity contribution in [2.75, 3.05) is 7.11 Å². The van der Waals surface area contributed by atoms with E-state index in [0.717, 1.165) is 35.7 Å². The van der Waals surface area contributed by atoms with E-state index in [1.807, 2.05) is 24.3 Å². The van der Waals surface area contributed by atoms with E-state index in [9.17, 15) is 4.79 Å². The lowest BCUT2D eigenvalue weighted by atomic mass is 9.86. The Hall–Kier alpha value is -0.670. The summed E-state index contributed by atoms with van der Waals surface area (Å²) in [5.74, 6) is 0.231. The molecule has 0 amide bonds. The van der Waals surface area contributed by atoms with Crippen LogP contribution in [-0.4, -0.2) is 18.5 Å². The molecule has 0 atom stereocenters.